The molecule has 6 nitrogen and oxygen atoms in total. The third-order valence-corrected chi connectivity index (χ3v) is 3.13. The number of rotatable bonds is 9. The highest BCUT2D eigenvalue weighted by Crippen LogP contribution is 2.22. The number of hydrogen-bond acceptors (Lipinski definition) is 5. The number of nitrogens with zero attached hydrogens (tertiary/aromatic N) is 1. The lowest BCUT2D eigenvalue weighted by molar-refractivity contribution is 0.0153. The summed E-state index contributed by atoms with van der Waals surface area (Å²) >= 11 is 0. The van der Waals surface area contributed by atoms with E-state index in [1.54, 1.807) is 18.1 Å². The second-order valence-corrected chi connectivity index (χ2v) is 6.29. The van der Waals surface area contributed by atoms with Crippen LogP contribution < -0.4 is 11.3 Å². The first-order chi connectivity index (χ1) is 10.7. The minimum Gasteiger partial charge on any atom is -0.497 e. The molecule has 3 N–H and O–H groups in total. The molecule has 0 fully saturated rings. The lowest BCUT2D eigenvalue weighted by Gasteiger charge is -2.34. The maximum Gasteiger partial charge on any atom is 0.411 e. The van der Waals surface area contributed by atoms with Gasteiger partial charge < -0.3 is 9.47 Å². The second-order valence-electron chi connectivity index (χ2n) is 6.29. The van der Waals surface area contributed by atoms with Crippen LogP contribution in [0.2, 0.25) is 0 Å². The van der Waals surface area contributed by atoms with Gasteiger partial charge in [0.05, 0.1) is 7.11 Å². The van der Waals surface area contributed by atoms with Crippen LogP contribution in [-0.2, 0) is 9.47 Å². The lowest BCUT2D eigenvalue weighted by Crippen LogP contribution is -2.54. The quantitative estimate of drug-likeness (QED) is 0.223. The Balaban J connectivity index is 5.71. The summed E-state index contributed by atoms with van der Waals surface area (Å²) in [5.74, 6) is 6.38. The Bertz CT molecular complexity index is 414. The first-order valence-corrected chi connectivity index (χ1v) is 8.10. The minimum absolute atomic E-state index is 0.407. The SMILES string of the molecule is C=C/C(OC)=C(\CCC)C(NN)N(CCC)C(=O)OC(C)(C)C. The molecular formula is C17H33N3O3. The monoisotopic (exact) mass is 327 g/mol. The molecule has 0 rings (SSSR count). The molecule has 134 valence electrons. The van der Waals surface area contributed by atoms with E-state index in [4.69, 9.17) is 15.3 Å². The standard InChI is InChI=1S/C17H33N3O3/c1-8-11-13(14(10-3)22-7)15(19-18)20(12-9-2)16(21)23-17(4,5)6/h10,15,19H,3,8-9,11-12,18H2,1-2,4-7H3/b14-13-. The molecule has 0 saturated heterocycles. The fourth-order valence-corrected chi connectivity index (χ4v) is 2.28. The molecule has 1 amide bonds. The highest BCUT2D eigenvalue weighted by Gasteiger charge is 2.30. The van der Waals surface area contributed by atoms with E-state index in [2.05, 4.69) is 18.9 Å². The van der Waals surface area contributed by atoms with E-state index in [-0.39, 0.29) is 0 Å². The number of hydrogen-bond donors (Lipinski definition) is 2. The van der Waals surface area contributed by atoms with Gasteiger partial charge in [0.25, 0.3) is 0 Å². The number of carbonyl (C=O) groups excluding carboxylic acids is 1. The van der Waals surface area contributed by atoms with Crippen molar-refractivity contribution >= 4 is 6.09 Å². The first kappa shape index (κ1) is 21.5. The van der Waals surface area contributed by atoms with Gasteiger partial charge in [-0.15, -0.1) is 0 Å². The van der Waals surface area contributed by atoms with Crippen LogP contribution in [0, 0.1) is 0 Å². The average molecular weight is 327 g/mol. The van der Waals surface area contributed by atoms with Crippen molar-refractivity contribution in [2.24, 2.45) is 5.84 Å². The van der Waals surface area contributed by atoms with Crippen LogP contribution in [0.4, 0.5) is 4.79 Å². The van der Waals surface area contributed by atoms with Crippen molar-refractivity contribution in [3.8, 4) is 0 Å². The van der Waals surface area contributed by atoms with Gasteiger partial charge in [-0.25, -0.2) is 10.2 Å². The predicted molar refractivity (Wildman–Crippen MR) is 93.5 cm³/mol. The molecule has 23 heavy (non-hydrogen) atoms. The fourth-order valence-electron chi connectivity index (χ4n) is 2.28. The molecule has 0 aliphatic carbocycles. The maximum absolute atomic E-state index is 12.6. The van der Waals surface area contributed by atoms with Gasteiger partial charge in [-0.3, -0.25) is 10.7 Å². The number of carbonyl (C=O) groups is 1. The molecule has 1 atom stereocenters. The van der Waals surface area contributed by atoms with Crippen molar-refractivity contribution in [2.45, 2.75) is 65.6 Å². The Hall–Kier alpha value is -1.53. The van der Waals surface area contributed by atoms with E-state index < -0.39 is 17.9 Å². The Kier molecular flexibility index (Phi) is 9.60. The van der Waals surface area contributed by atoms with Gasteiger partial charge in [0.2, 0.25) is 0 Å². The highest BCUT2D eigenvalue weighted by atomic mass is 16.6. The van der Waals surface area contributed by atoms with E-state index in [1.165, 1.54) is 0 Å². The van der Waals surface area contributed by atoms with Gasteiger partial charge in [-0.2, -0.15) is 0 Å². The Morgan fingerprint density at radius 1 is 1.35 bits per heavy atom. The summed E-state index contributed by atoms with van der Waals surface area (Å²) in [7, 11) is 1.58. The van der Waals surface area contributed by atoms with Crippen molar-refractivity contribution in [1.29, 1.82) is 0 Å². The zero-order valence-corrected chi connectivity index (χ0v) is 15.4. The largest absolute Gasteiger partial charge is 0.497 e. The van der Waals surface area contributed by atoms with E-state index in [0.29, 0.717) is 12.3 Å². The summed E-state index contributed by atoms with van der Waals surface area (Å²) in [6.07, 6.45) is 3.13. The molecule has 0 aliphatic heterocycles. The van der Waals surface area contributed by atoms with Crippen LogP contribution in [0.25, 0.3) is 0 Å². The summed E-state index contributed by atoms with van der Waals surface area (Å²) in [5.41, 5.74) is 3.04. The van der Waals surface area contributed by atoms with Gasteiger partial charge in [0.1, 0.15) is 17.5 Å². The molecular weight excluding hydrogens is 294 g/mol. The van der Waals surface area contributed by atoms with Crippen molar-refractivity contribution in [3.05, 3.63) is 24.0 Å². The molecule has 0 radical (unpaired) electrons. The topological polar surface area (TPSA) is 76.8 Å². The molecule has 0 saturated carbocycles. The van der Waals surface area contributed by atoms with E-state index in [9.17, 15) is 4.79 Å². The van der Waals surface area contributed by atoms with Gasteiger partial charge in [-0.05, 0) is 39.7 Å². The van der Waals surface area contributed by atoms with Gasteiger partial charge in [0.15, 0.2) is 0 Å². The zero-order chi connectivity index (χ0) is 18.0. The van der Waals surface area contributed by atoms with Crippen LogP contribution in [-0.4, -0.2) is 36.4 Å². The number of ether oxygens (including phenoxy) is 2. The molecule has 1 unspecified atom stereocenters. The van der Waals surface area contributed by atoms with Crippen molar-refractivity contribution in [1.82, 2.24) is 10.3 Å². The molecule has 0 aromatic heterocycles. The minimum atomic E-state index is -0.570. The number of methoxy groups -OCH3 is 1. The molecule has 0 bridgehead atoms. The van der Waals surface area contributed by atoms with Crippen LogP contribution >= 0.6 is 0 Å². The average Bonchev–Trinajstić information content (AvgIpc) is 2.46. The third kappa shape index (κ3) is 7.05. The van der Waals surface area contributed by atoms with E-state index >= 15 is 0 Å². The Labute approximate surface area is 140 Å². The van der Waals surface area contributed by atoms with Crippen LogP contribution in [0.15, 0.2) is 24.0 Å². The summed E-state index contributed by atoms with van der Waals surface area (Å²) in [5, 5.41) is 0. The summed E-state index contributed by atoms with van der Waals surface area (Å²) < 4.78 is 10.9. The van der Waals surface area contributed by atoms with E-state index in [1.807, 2.05) is 27.7 Å². The lowest BCUT2D eigenvalue weighted by atomic mass is 10.0. The molecule has 0 aliphatic rings. The molecule has 0 spiro atoms. The van der Waals surface area contributed by atoms with Crippen molar-refractivity contribution in [2.75, 3.05) is 13.7 Å². The maximum atomic E-state index is 12.6. The predicted octanol–water partition coefficient (Wildman–Crippen LogP) is 3.31. The van der Waals surface area contributed by atoms with Crippen molar-refractivity contribution in [3.63, 3.8) is 0 Å². The number of nitrogens with one attached hydrogen (secondary N) is 1. The number of nitrogens with two attached hydrogens (primary N) is 1. The third-order valence-electron chi connectivity index (χ3n) is 3.13. The molecule has 0 aromatic carbocycles. The molecule has 0 aromatic rings. The fraction of sp³-hybridized carbons (Fsp3) is 0.706. The highest BCUT2D eigenvalue weighted by molar-refractivity contribution is 5.69. The molecule has 6 heteroatoms. The Morgan fingerprint density at radius 3 is 2.30 bits per heavy atom. The number of allylic oxidation sites excluding steroid dienone is 1. The van der Waals surface area contributed by atoms with Crippen LogP contribution in [0.1, 0.15) is 53.9 Å². The summed E-state index contributed by atoms with van der Waals surface area (Å²) in [6.45, 7) is 13.9. The normalized spacial score (nSPS) is 13.9. The van der Waals surface area contributed by atoms with Crippen LogP contribution in [0.3, 0.4) is 0 Å². The second kappa shape index (κ2) is 10.3. The smallest absolute Gasteiger partial charge is 0.411 e. The van der Waals surface area contributed by atoms with Crippen molar-refractivity contribution < 1.29 is 14.3 Å². The van der Waals surface area contributed by atoms with Gasteiger partial charge in [0, 0.05) is 12.1 Å². The first-order valence-electron chi connectivity index (χ1n) is 8.10. The van der Waals surface area contributed by atoms with Crippen LogP contribution in [0.5, 0.6) is 0 Å². The van der Waals surface area contributed by atoms with Gasteiger partial charge in [-0.1, -0.05) is 26.8 Å². The number of amides is 1. The van der Waals surface area contributed by atoms with Gasteiger partial charge >= 0.3 is 6.09 Å². The van der Waals surface area contributed by atoms with E-state index in [0.717, 1.165) is 24.8 Å². The number of hydrazine groups is 1. The summed E-state index contributed by atoms with van der Waals surface area (Å²) in [4.78, 5) is 14.2. The summed E-state index contributed by atoms with van der Waals surface area (Å²) in [6, 6.07) is 0. The zero-order valence-electron chi connectivity index (χ0n) is 15.4. The Morgan fingerprint density at radius 2 is 1.96 bits per heavy atom. The molecule has 0 heterocycles.